The van der Waals surface area contributed by atoms with Crippen LogP contribution >= 0.6 is 0 Å². The van der Waals surface area contributed by atoms with Crippen LogP contribution in [0.4, 0.5) is 0 Å². The maximum atomic E-state index is 12.6. The summed E-state index contributed by atoms with van der Waals surface area (Å²) in [5.74, 6) is -0.736. The number of nitrogens with zero attached hydrogens (tertiary/aromatic N) is 3. The number of carbonyl (C=O) groups is 2. The van der Waals surface area contributed by atoms with Crippen molar-refractivity contribution in [3.05, 3.63) is 113 Å². The van der Waals surface area contributed by atoms with Gasteiger partial charge in [-0.25, -0.2) is 10.5 Å². The molecule has 0 spiro atoms. The van der Waals surface area contributed by atoms with Gasteiger partial charge in [0.15, 0.2) is 5.78 Å². The molecule has 2 N–H and O–H groups in total. The lowest BCUT2D eigenvalue weighted by Crippen LogP contribution is -2.45. The number of hydrogen-bond acceptors (Lipinski definition) is 6. The van der Waals surface area contributed by atoms with E-state index in [1.54, 1.807) is 24.3 Å². The van der Waals surface area contributed by atoms with Gasteiger partial charge in [0.2, 0.25) is 0 Å². The second-order valence-corrected chi connectivity index (χ2v) is 8.73. The number of rotatable bonds is 9. The van der Waals surface area contributed by atoms with Gasteiger partial charge in [0.05, 0.1) is 11.4 Å². The van der Waals surface area contributed by atoms with E-state index in [4.69, 9.17) is 5.21 Å². The Morgan fingerprint density at radius 1 is 0.750 bits per heavy atom. The maximum Gasteiger partial charge on any atom is 0.267 e. The molecule has 1 aromatic heterocycles. The third-order valence-electron chi connectivity index (χ3n) is 6.07. The highest BCUT2D eigenvalue weighted by Crippen LogP contribution is 2.13. The van der Waals surface area contributed by atoms with E-state index in [1.165, 1.54) is 34.8 Å². The van der Waals surface area contributed by atoms with Gasteiger partial charge in [0.25, 0.3) is 5.91 Å². The van der Waals surface area contributed by atoms with Gasteiger partial charge in [-0.3, -0.25) is 24.6 Å². The van der Waals surface area contributed by atoms with E-state index in [9.17, 15) is 9.59 Å². The number of ketones is 1. The first-order valence-corrected chi connectivity index (χ1v) is 12.0. The summed E-state index contributed by atoms with van der Waals surface area (Å²) in [5, 5.41) is 8.55. The molecule has 1 amide bonds. The summed E-state index contributed by atoms with van der Waals surface area (Å²) in [6.07, 6.45) is 5.80. The molecule has 1 aliphatic rings. The number of hydrogen-bond donors (Lipinski definition) is 2. The molecule has 0 saturated carbocycles. The average molecular weight is 483 g/mol. The molecule has 7 nitrogen and oxygen atoms in total. The van der Waals surface area contributed by atoms with E-state index in [0.29, 0.717) is 17.0 Å². The van der Waals surface area contributed by atoms with Gasteiger partial charge in [-0.1, -0.05) is 60.7 Å². The monoisotopic (exact) mass is 482 g/mol. The van der Waals surface area contributed by atoms with E-state index in [1.807, 2.05) is 24.3 Å². The molecule has 0 aliphatic carbocycles. The van der Waals surface area contributed by atoms with Crippen LogP contribution in [0, 0.1) is 0 Å². The Morgan fingerprint density at radius 2 is 1.31 bits per heavy atom. The van der Waals surface area contributed by atoms with Crippen LogP contribution in [-0.2, 0) is 17.9 Å². The predicted molar refractivity (Wildman–Crippen MR) is 140 cm³/mol. The largest absolute Gasteiger partial charge is 0.297 e. The second kappa shape index (κ2) is 12.7. The van der Waals surface area contributed by atoms with Crippen LogP contribution < -0.4 is 5.48 Å². The zero-order valence-electron chi connectivity index (χ0n) is 20.1. The first-order chi connectivity index (χ1) is 17.6. The molecular weight excluding hydrogens is 452 g/mol. The van der Waals surface area contributed by atoms with Gasteiger partial charge in [-0.15, -0.1) is 0 Å². The fourth-order valence-corrected chi connectivity index (χ4v) is 4.09. The molecule has 3 aromatic rings. The first-order valence-electron chi connectivity index (χ1n) is 12.0. The standard InChI is InChI=1S/C29H30N4O3/c34-28(15-13-26-7-4-8-27(30-26)14-16-29(35)31-36)25-11-9-24(10-12-25)22-33-19-17-32(18-20-33)21-23-5-2-1-3-6-23/h1-16,36H,17-22H2,(H,31,35). The van der Waals surface area contributed by atoms with Crippen LogP contribution in [0.3, 0.4) is 0 Å². The number of aromatic nitrogens is 1. The molecule has 0 unspecified atom stereocenters. The molecule has 2 aromatic carbocycles. The van der Waals surface area contributed by atoms with Gasteiger partial charge < -0.3 is 0 Å². The highest BCUT2D eigenvalue weighted by molar-refractivity contribution is 6.06. The van der Waals surface area contributed by atoms with Crippen molar-refractivity contribution in [1.29, 1.82) is 0 Å². The molecule has 1 saturated heterocycles. The van der Waals surface area contributed by atoms with Crippen molar-refractivity contribution >= 4 is 23.8 Å². The van der Waals surface area contributed by atoms with E-state index in [-0.39, 0.29) is 5.78 Å². The fourth-order valence-electron chi connectivity index (χ4n) is 4.09. The molecule has 36 heavy (non-hydrogen) atoms. The molecule has 1 aliphatic heterocycles. The number of piperazine rings is 1. The third-order valence-corrected chi connectivity index (χ3v) is 6.07. The molecular formula is C29H30N4O3. The minimum absolute atomic E-state index is 0.0986. The van der Waals surface area contributed by atoms with Crippen molar-refractivity contribution in [2.45, 2.75) is 13.1 Å². The van der Waals surface area contributed by atoms with E-state index < -0.39 is 5.91 Å². The van der Waals surface area contributed by atoms with Crippen LogP contribution in [-0.4, -0.2) is 57.9 Å². The lowest BCUT2D eigenvalue weighted by atomic mass is 10.1. The smallest absolute Gasteiger partial charge is 0.267 e. The van der Waals surface area contributed by atoms with Crippen molar-refractivity contribution in [1.82, 2.24) is 20.3 Å². The van der Waals surface area contributed by atoms with Crippen molar-refractivity contribution in [2.24, 2.45) is 0 Å². The zero-order valence-corrected chi connectivity index (χ0v) is 20.1. The first kappa shape index (κ1) is 25.2. The summed E-state index contributed by atoms with van der Waals surface area (Å²) >= 11 is 0. The number of amides is 1. The van der Waals surface area contributed by atoms with Gasteiger partial charge in [-0.2, -0.15) is 0 Å². The predicted octanol–water partition coefficient (Wildman–Crippen LogP) is 3.81. The average Bonchev–Trinajstić information content (AvgIpc) is 2.92. The van der Waals surface area contributed by atoms with Crippen LogP contribution in [0.25, 0.3) is 12.2 Å². The lowest BCUT2D eigenvalue weighted by molar-refractivity contribution is -0.124. The number of hydroxylamine groups is 1. The molecule has 4 rings (SSSR count). The minimum Gasteiger partial charge on any atom is -0.297 e. The van der Waals surface area contributed by atoms with E-state index >= 15 is 0 Å². The van der Waals surface area contributed by atoms with Gasteiger partial charge in [0.1, 0.15) is 0 Å². The zero-order chi connectivity index (χ0) is 25.2. The Kier molecular flexibility index (Phi) is 8.88. The highest BCUT2D eigenvalue weighted by Gasteiger charge is 2.17. The summed E-state index contributed by atoms with van der Waals surface area (Å²) in [5.41, 5.74) is 5.84. The van der Waals surface area contributed by atoms with Crippen LogP contribution in [0.1, 0.15) is 32.9 Å². The van der Waals surface area contributed by atoms with E-state index in [0.717, 1.165) is 39.3 Å². The molecule has 0 bridgehead atoms. The van der Waals surface area contributed by atoms with Crippen LogP contribution in [0.2, 0.25) is 0 Å². The Labute approximate surface area is 211 Å². The summed E-state index contributed by atoms with van der Waals surface area (Å²) < 4.78 is 0. The summed E-state index contributed by atoms with van der Waals surface area (Å²) in [7, 11) is 0. The Bertz CT molecular complexity index is 1210. The molecule has 7 heteroatoms. The fraction of sp³-hybridized carbons (Fsp3) is 0.207. The maximum absolute atomic E-state index is 12.6. The molecule has 184 valence electrons. The number of nitrogens with one attached hydrogen (secondary N) is 1. The topological polar surface area (TPSA) is 85.8 Å². The summed E-state index contributed by atoms with van der Waals surface area (Å²) in [4.78, 5) is 33.0. The highest BCUT2D eigenvalue weighted by atomic mass is 16.5. The Hall–Kier alpha value is -3.91. The number of benzene rings is 2. The van der Waals surface area contributed by atoms with Crippen molar-refractivity contribution in [3.63, 3.8) is 0 Å². The number of carbonyl (C=O) groups excluding carboxylic acids is 2. The van der Waals surface area contributed by atoms with Crippen molar-refractivity contribution < 1.29 is 14.8 Å². The van der Waals surface area contributed by atoms with E-state index in [2.05, 4.69) is 45.1 Å². The van der Waals surface area contributed by atoms with Crippen molar-refractivity contribution in [2.75, 3.05) is 26.2 Å². The third kappa shape index (κ3) is 7.55. The van der Waals surface area contributed by atoms with Gasteiger partial charge in [-0.05, 0) is 41.5 Å². The quantitative estimate of drug-likeness (QED) is 0.209. The number of pyridine rings is 1. The van der Waals surface area contributed by atoms with Gasteiger partial charge >= 0.3 is 0 Å². The normalized spacial score (nSPS) is 14.9. The minimum atomic E-state index is -0.637. The summed E-state index contributed by atoms with van der Waals surface area (Å²) in [6.45, 7) is 6.04. The molecule has 1 fully saturated rings. The molecule has 0 atom stereocenters. The molecule has 0 radical (unpaired) electrons. The summed E-state index contributed by atoms with van der Waals surface area (Å²) in [6, 6.07) is 23.6. The van der Waals surface area contributed by atoms with Gasteiger partial charge in [0, 0.05) is 50.9 Å². The van der Waals surface area contributed by atoms with Crippen molar-refractivity contribution in [3.8, 4) is 0 Å². The van der Waals surface area contributed by atoms with Crippen LogP contribution in [0.5, 0.6) is 0 Å². The number of allylic oxidation sites excluding steroid dienone is 1. The SMILES string of the molecule is O=C(C=Cc1cccc(C=CC(=O)c2ccc(CN3CCN(Cc4ccccc4)CC3)cc2)n1)NO. The second-order valence-electron chi connectivity index (χ2n) is 8.73. The lowest BCUT2D eigenvalue weighted by Gasteiger charge is -2.34. The Morgan fingerprint density at radius 3 is 1.89 bits per heavy atom. The molecule has 2 heterocycles. The van der Waals surface area contributed by atoms with Crippen LogP contribution in [0.15, 0.2) is 84.9 Å². The Balaban J connectivity index is 1.26.